The van der Waals surface area contributed by atoms with Gasteiger partial charge in [0.05, 0.1) is 21.1 Å². The van der Waals surface area contributed by atoms with Crippen LogP contribution in [-0.2, 0) is 13.0 Å². The Morgan fingerprint density at radius 2 is 1.89 bits per heavy atom. The Hall–Kier alpha value is -1.08. The molecule has 1 rings (SSSR count). The second kappa shape index (κ2) is 6.75. The van der Waals surface area contributed by atoms with E-state index in [2.05, 4.69) is 52.8 Å². The zero-order valence-electron chi connectivity index (χ0n) is 12.5. The molecule has 0 aliphatic rings. The first-order valence-corrected chi connectivity index (χ1v) is 7.01. The zero-order valence-corrected chi connectivity index (χ0v) is 12.5. The Kier molecular flexibility index (Phi) is 5.61. The van der Waals surface area contributed by atoms with Gasteiger partial charge in [-0.15, -0.1) is 0 Å². The van der Waals surface area contributed by atoms with E-state index in [1.54, 1.807) is 0 Å². The fourth-order valence-corrected chi connectivity index (χ4v) is 2.36. The standard InChI is InChI=1S/C17H28N/c1-6-8-9-13-17-15(7-2)11-10-12-16(17)14-18(3,4)5/h7,10-12H,2,6,8-9,13-14H2,1,3-5H3/q+1. The number of quaternary nitrogens is 1. The van der Waals surface area contributed by atoms with Gasteiger partial charge in [0.25, 0.3) is 0 Å². The van der Waals surface area contributed by atoms with Crippen molar-refractivity contribution in [3.63, 3.8) is 0 Å². The van der Waals surface area contributed by atoms with Crippen LogP contribution in [0.4, 0.5) is 0 Å². The summed E-state index contributed by atoms with van der Waals surface area (Å²) < 4.78 is 0.974. The molecule has 0 heterocycles. The Bertz CT molecular complexity index is 385. The van der Waals surface area contributed by atoms with E-state index >= 15 is 0 Å². The molecular weight excluding hydrogens is 218 g/mol. The van der Waals surface area contributed by atoms with Crippen molar-refractivity contribution in [3.05, 3.63) is 41.5 Å². The topological polar surface area (TPSA) is 0 Å². The number of rotatable bonds is 7. The molecule has 0 spiro atoms. The maximum absolute atomic E-state index is 3.95. The molecule has 0 N–H and O–H groups in total. The van der Waals surface area contributed by atoms with Crippen molar-refractivity contribution in [1.29, 1.82) is 0 Å². The van der Waals surface area contributed by atoms with Gasteiger partial charge in [0.1, 0.15) is 6.54 Å². The van der Waals surface area contributed by atoms with E-state index in [9.17, 15) is 0 Å². The van der Waals surface area contributed by atoms with Gasteiger partial charge in [-0.3, -0.25) is 0 Å². The summed E-state index contributed by atoms with van der Waals surface area (Å²) in [6.07, 6.45) is 7.06. The second-order valence-electron chi connectivity index (χ2n) is 6.09. The second-order valence-corrected chi connectivity index (χ2v) is 6.09. The molecule has 1 aromatic carbocycles. The van der Waals surface area contributed by atoms with Crippen molar-refractivity contribution in [2.45, 2.75) is 39.2 Å². The predicted octanol–water partition coefficient (Wildman–Crippen LogP) is 4.27. The SMILES string of the molecule is C=Cc1cccc(C[N+](C)(C)C)c1CCCCC. The molecule has 0 aromatic heterocycles. The first kappa shape index (κ1) is 15.0. The number of unbranched alkanes of at least 4 members (excludes halogenated alkanes) is 2. The van der Waals surface area contributed by atoms with E-state index in [-0.39, 0.29) is 0 Å². The van der Waals surface area contributed by atoms with Crippen LogP contribution in [0.1, 0.15) is 42.9 Å². The van der Waals surface area contributed by atoms with Gasteiger partial charge in [0.2, 0.25) is 0 Å². The van der Waals surface area contributed by atoms with Crippen molar-refractivity contribution >= 4 is 6.08 Å². The third-order valence-electron chi connectivity index (χ3n) is 3.20. The molecule has 0 saturated heterocycles. The highest BCUT2D eigenvalue weighted by Crippen LogP contribution is 2.21. The Morgan fingerprint density at radius 1 is 1.17 bits per heavy atom. The highest BCUT2D eigenvalue weighted by atomic mass is 15.3. The summed E-state index contributed by atoms with van der Waals surface area (Å²) in [5, 5.41) is 0. The van der Waals surface area contributed by atoms with Gasteiger partial charge in [-0.05, 0) is 24.0 Å². The van der Waals surface area contributed by atoms with Crippen LogP contribution in [0.3, 0.4) is 0 Å². The summed E-state index contributed by atoms with van der Waals surface area (Å²) in [6.45, 7) is 7.30. The lowest BCUT2D eigenvalue weighted by Crippen LogP contribution is -2.33. The summed E-state index contributed by atoms with van der Waals surface area (Å²) in [6, 6.07) is 6.62. The summed E-state index contributed by atoms with van der Waals surface area (Å²) in [5.41, 5.74) is 4.31. The number of hydrogen-bond acceptors (Lipinski definition) is 0. The van der Waals surface area contributed by atoms with Crippen LogP contribution in [0.5, 0.6) is 0 Å². The highest BCUT2D eigenvalue weighted by molar-refractivity contribution is 5.54. The van der Waals surface area contributed by atoms with E-state index in [0.29, 0.717) is 0 Å². The first-order chi connectivity index (χ1) is 8.48. The Labute approximate surface area is 113 Å². The summed E-state index contributed by atoms with van der Waals surface area (Å²) >= 11 is 0. The molecule has 0 saturated carbocycles. The molecule has 0 atom stereocenters. The largest absolute Gasteiger partial charge is 0.327 e. The molecule has 0 amide bonds. The van der Waals surface area contributed by atoms with Crippen molar-refractivity contribution in [3.8, 4) is 0 Å². The lowest BCUT2D eigenvalue weighted by molar-refractivity contribution is -0.884. The average molecular weight is 246 g/mol. The normalized spacial score (nSPS) is 11.6. The summed E-state index contributed by atoms with van der Waals surface area (Å²) in [4.78, 5) is 0. The van der Waals surface area contributed by atoms with Crippen LogP contribution >= 0.6 is 0 Å². The lowest BCUT2D eigenvalue weighted by Gasteiger charge is -2.26. The molecule has 1 aromatic rings. The van der Waals surface area contributed by atoms with Gasteiger partial charge in [-0.2, -0.15) is 0 Å². The van der Waals surface area contributed by atoms with Gasteiger partial charge >= 0.3 is 0 Å². The van der Waals surface area contributed by atoms with Crippen LogP contribution in [0, 0.1) is 0 Å². The molecule has 0 bridgehead atoms. The van der Waals surface area contributed by atoms with Crippen molar-refractivity contribution in [1.82, 2.24) is 0 Å². The summed E-state index contributed by atoms with van der Waals surface area (Å²) in [7, 11) is 6.74. The highest BCUT2D eigenvalue weighted by Gasteiger charge is 2.13. The van der Waals surface area contributed by atoms with Crippen molar-refractivity contribution < 1.29 is 4.48 Å². The van der Waals surface area contributed by atoms with Crippen molar-refractivity contribution in [2.24, 2.45) is 0 Å². The molecule has 0 aliphatic heterocycles. The Balaban J connectivity index is 2.96. The maximum Gasteiger partial charge on any atom is 0.104 e. The third kappa shape index (κ3) is 4.66. The summed E-state index contributed by atoms with van der Waals surface area (Å²) in [5.74, 6) is 0. The molecule has 0 radical (unpaired) electrons. The monoisotopic (exact) mass is 246 g/mol. The van der Waals surface area contributed by atoms with Gasteiger partial charge in [0.15, 0.2) is 0 Å². The lowest BCUT2D eigenvalue weighted by atomic mass is 9.95. The fraction of sp³-hybridized carbons (Fsp3) is 0.529. The van der Waals surface area contributed by atoms with Gasteiger partial charge in [-0.25, -0.2) is 0 Å². The molecular formula is C17H28N+. The molecule has 0 aliphatic carbocycles. The van der Waals surface area contributed by atoms with Crippen LogP contribution in [0.2, 0.25) is 0 Å². The molecule has 0 fully saturated rings. The minimum Gasteiger partial charge on any atom is -0.327 e. The molecule has 100 valence electrons. The van der Waals surface area contributed by atoms with Gasteiger partial charge in [-0.1, -0.05) is 50.6 Å². The fourth-order valence-electron chi connectivity index (χ4n) is 2.36. The Morgan fingerprint density at radius 3 is 2.44 bits per heavy atom. The predicted molar refractivity (Wildman–Crippen MR) is 81.5 cm³/mol. The molecule has 18 heavy (non-hydrogen) atoms. The molecule has 1 nitrogen and oxygen atoms in total. The molecule has 1 heteroatoms. The van der Waals surface area contributed by atoms with Gasteiger partial charge < -0.3 is 4.48 Å². The third-order valence-corrected chi connectivity index (χ3v) is 3.20. The molecule has 0 unspecified atom stereocenters. The minimum absolute atomic E-state index is 0.974. The minimum atomic E-state index is 0.974. The average Bonchev–Trinajstić information content (AvgIpc) is 2.29. The van der Waals surface area contributed by atoms with E-state index < -0.39 is 0 Å². The van der Waals surface area contributed by atoms with Crippen LogP contribution < -0.4 is 0 Å². The van der Waals surface area contributed by atoms with Crippen LogP contribution in [-0.4, -0.2) is 25.6 Å². The van der Waals surface area contributed by atoms with E-state index in [1.807, 2.05) is 6.08 Å². The van der Waals surface area contributed by atoms with Crippen LogP contribution in [0.15, 0.2) is 24.8 Å². The van der Waals surface area contributed by atoms with Crippen molar-refractivity contribution in [2.75, 3.05) is 21.1 Å². The van der Waals surface area contributed by atoms with Crippen LogP contribution in [0.25, 0.3) is 6.08 Å². The van der Waals surface area contributed by atoms with E-state index in [4.69, 9.17) is 0 Å². The smallest absolute Gasteiger partial charge is 0.104 e. The van der Waals surface area contributed by atoms with Gasteiger partial charge in [0, 0.05) is 5.56 Å². The zero-order chi connectivity index (χ0) is 13.6. The number of nitrogens with zero attached hydrogens (tertiary/aromatic N) is 1. The number of benzene rings is 1. The van der Waals surface area contributed by atoms with E-state index in [0.717, 1.165) is 11.0 Å². The number of hydrogen-bond donors (Lipinski definition) is 0. The first-order valence-electron chi connectivity index (χ1n) is 7.01. The van der Waals surface area contributed by atoms with E-state index in [1.165, 1.54) is 42.4 Å². The quantitative estimate of drug-likeness (QED) is 0.498. The maximum atomic E-state index is 3.95.